The Bertz CT molecular complexity index is 3910. The van der Waals surface area contributed by atoms with E-state index in [1.807, 2.05) is 42.6 Å². The van der Waals surface area contributed by atoms with Crippen LogP contribution in [-0.2, 0) is 0 Å². The van der Waals surface area contributed by atoms with Crippen LogP contribution in [0.1, 0.15) is 0 Å². The van der Waals surface area contributed by atoms with Gasteiger partial charge >= 0.3 is 0 Å². The van der Waals surface area contributed by atoms with E-state index >= 15 is 0 Å². The number of rotatable bonds is 8. The zero-order chi connectivity index (χ0) is 50.6. The van der Waals surface area contributed by atoms with Crippen molar-refractivity contribution in [1.29, 1.82) is 0 Å². The molecule has 356 valence electrons. The van der Waals surface area contributed by atoms with Crippen LogP contribution in [0.25, 0.3) is 134 Å². The van der Waals surface area contributed by atoms with Gasteiger partial charge in [-0.05, 0) is 96.7 Å². The van der Waals surface area contributed by atoms with E-state index in [1.54, 1.807) is 12.4 Å². The van der Waals surface area contributed by atoms with Crippen molar-refractivity contribution in [2.75, 3.05) is 0 Å². The van der Waals surface area contributed by atoms with Crippen molar-refractivity contribution >= 4 is 43.1 Å². The number of pyridine rings is 2. The summed E-state index contributed by atoms with van der Waals surface area (Å²) in [6, 6.07) is 85.1. The Hall–Kier alpha value is -10.4. The van der Waals surface area contributed by atoms with Crippen molar-refractivity contribution in [3.05, 3.63) is 267 Å². The summed E-state index contributed by atoms with van der Waals surface area (Å²) in [5.74, 6) is 3.89. The molecular weight excluding hydrogens is 929 g/mol. The molecule has 0 atom stereocenters. The molecule has 0 aliphatic rings. The molecule has 0 unspecified atom stereocenters. The highest BCUT2D eigenvalue weighted by Gasteiger charge is 2.16. The van der Waals surface area contributed by atoms with Gasteiger partial charge in [-0.1, -0.05) is 206 Å². The zero-order valence-electron chi connectivity index (χ0n) is 41.0. The predicted octanol–water partition coefficient (Wildman–Crippen LogP) is 16.5. The van der Waals surface area contributed by atoms with E-state index in [-0.39, 0.29) is 0 Å². The zero-order valence-corrected chi connectivity index (χ0v) is 41.0. The molecule has 0 saturated heterocycles. The molecule has 76 heavy (non-hydrogen) atoms. The van der Waals surface area contributed by atoms with Crippen molar-refractivity contribution in [2.45, 2.75) is 0 Å². The van der Waals surface area contributed by atoms with E-state index in [0.717, 1.165) is 77.3 Å². The molecular formula is C68H44N8. The van der Waals surface area contributed by atoms with Gasteiger partial charge in [-0.3, -0.25) is 9.97 Å². The highest BCUT2D eigenvalue weighted by molar-refractivity contribution is 5.90. The highest BCUT2D eigenvalue weighted by atomic mass is 15.0. The maximum absolute atomic E-state index is 4.95. The molecule has 0 aliphatic heterocycles. The average molecular weight is 973 g/mol. The molecule has 0 amide bonds. The molecule has 14 rings (SSSR count). The van der Waals surface area contributed by atoms with E-state index in [9.17, 15) is 0 Å². The molecule has 4 heterocycles. The number of aromatic nitrogens is 8. The first kappa shape index (κ1) is 45.4. The maximum Gasteiger partial charge on any atom is 0.164 e. The second-order valence-electron chi connectivity index (χ2n) is 18.5. The van der Waals surface area contributed by atoms with Gasteiger partial charge in [0.2, 0.25) is 0 Å². The number of hydrogen-bond acceptors (Lipinski definition) is 8. The summed E-state index contributed by atoms with van der Waals surface area (Å²) in [7, 11) is 0. The molecule has 8 heteroatoms. The summed E-state index contributed by atoms with van der Waals surface area (Å²) in [4.78, 5) is 38.3. The molecule has 14 aromatic rings. The maximum atomic E-state index is 4.95. The van der Waals surface area contributed by atoms with Crippen molar-refractivity contribution in [1.82, 2.24) is 39.9 Å². The summed E-state index contributed by atoms with van der Waals surface area (Å²) < 4.78 is 0. The second-order valence-corrected chi connectivity index (χ2v) is 18.5. The second kappa shape index (κ2) is 20.2. The first-order valence-corrected chi connectivity index (χ1v) is 25.1. The van der Waals surface area contributed by atoms with Gasteiger partial charge in [0.05, 0.1) is 5.69 Å². The van der Waals surface area contributed by atoms with Crippen molar-refractivity contribution in [2.24, 2.45) is 0 Å². The topological polar surface area (TPSA) is 103 Å². The van der Waals surface area contributed by atoms with Gasteiger partial charge < -0.3 is 0 Å². The lowest BCUT2D eigenvalue weighted by atomic mass is 10.0. The van der Waals surface area contributed by atoms with E-state index in [4.69, 9.17) is 29.9 Å². The Kier molecular flexibility index (Phi) is 12.1. The molecule has 0 spiro atoms. The van der Waals surface area contributed by atoms with Crippen LogP contribution in [0.5, 0.6) is 0 Å². The van der Waals surface area contributed by atoms with E-state index in [0.29, 0.717) is 34.9 Å². The van der Waals surface area contributed by atoms with Crippen molar-refractivity contribution in [3.8, 4) is 90.7 Å². The summed E-state index contributed by atoms with van der Waals surface area (Å²) >= 11 is 0. The summed E-state index contributed by atoms with van der Waals surface area (Å²) in [6.45, 7) is 0. The van der Waals surface area contributed by atoms with Crippen LogP contribution in [0.2, 0.25) is 0 Å². The van der Waals surface area contributed by atoms with Gasteiger partial charge in [0.15, 0.2) is 34.9 Å². The van der Waals surface area contributed by atoms with Gasteiger partial charge in [-0.2, -0.15) is 0 Å². The third-order valence-corrected chi connectivity index (χ3v) is 13.5. The standard InChI is InChI=1S/2C34H22N4/c1-3-9-27-21-29(18-12-23(27)7-1)33-36-32(26-16-14-25(15-17-26)31-11-5-6-20-35-31)37-34(38-33)30-19-13-24-8-2-4-10-28(24)22-30;1-3-8-27-20-29(17-13-23(27)6-1)33-36-32(26-15-11-25(12-16-26)31-10-5-19-35-22-31)37-34(38-33)30-18-14-24-7-2-4-9-28(24)21-30/h2*1-22H. The van der Waals surface area contributed by atoms with E-state index < -0.39 is 0 Å². The molecule has 0 bridgehead atoms. The van der Waals surface area contributed by atoms with Crippen LogP contribution in [0.15, 0.2) is 267 Å². The third-order valence-electron chi connectivity index (χ3n) is 13.5. The van der Waals surface area contributed by atoms with Gasteiger partial charge in [0.1, 0.15) is 0 Å². The molecule has 4 aromatic heterocycles. The van der Waals surface area contributed by atoms with Crippen LogP contribution in [0, 0.1) is 0 Å². The van der Waals surface area contributed by atoms with Gasteiger partial charge in [0, 0.05) is 57.5 Å². The number of nitrogens with zero attached hydrogens (tertiary/aromatic N) is 8. The monoisotopic (exact) mass is 972 g/mol. The molecule has 0 N–H and O–H groups in total. The highest BCUT2D eigenvalue weighted by Crippen LogP contribution is 2.32. The molecule has 8 nitrogen and oxygen atoms in total. The summed E-state index contributed by atoms with van der Waals surface area (Å²) in [5, 5.41) is 9.35. The fourth-order valence-corrected chi connectivity index (χ4v) is 9.51. The van der Waals surface area contributed by atoms with Gasteiger partial charge in [-0.25, -0.2) is 29.9 Å². The Morgan fingerprint density at radius 3 is 0.855 bits per heavy atom. The summed E-state index contributed by atoms with van der Waals surface area (Å²) in [6.07, 6.45) is 5.46. The quantitative estimate of drug-likeness (QED) is 0.148. The minimum absolute atomic E-state index is 0.638. The summed E-state index contributed by atoms with van der Waals surface area (Å²) in [5.41, 5.74) is 9.85. The minimum atomic E-state index is 0.638. The molecule has 0 radical (unpaired) electrons. The molecule has 0 saturated carbocycles. The Labute approximate surface area is 438 Å². The van der Waals surface area contributed by atoms with Crippen molar-refractivity contribution < 1.29 is 0 Å². The largest absolute Gasteiger partial charge is 0.264 e. The lowest BCUT2D eigenvalue weighted by Gasteiger charge is -2.10. The van der Waals surface area contributed by atoms with Crippen LogP contribution in [0.4, 0.5) is 0 Å². The van der Waals surface area contributed by atoms with E-state index in [2.05, 4.69) is 222 Å². The normalized spacial score (nSPS) is 11.2. The Morgan fingerprint density at radius 2 is 0.513 bits per heavy atom. The first-order chi connectivity index (χ1) is 37.6. The molecule has 10 aromatic carbocycles. The van der Waals surface area contributed by atoms with Crippen LogP contribution < -0.4 is 0 Å². The predicted molar refractivity (Wildman–Crippen MR) is 309 cm³/mol. The van der Waals surface area contributed by atoms with Crippen LogP contribution in [0.3, 0.4) is 0 Å². The molecule has 0 aliphatic carbocycles. The van der Waals surface area contributed by atoms with Crippen molar-refractivity contribution in [3.63, 3.8) is 0 Å². The fourth-order valence-electron chi connectivity index (χ4n) is 9.51. The van der Waals surface area contributed by atoms with Crippen LogP contribution >= 0.6 is 0 Å². The number of benzene rings is 10. The van der Waals surface area contributed by atoms with Gasteiger partial charge in [0.25, 0.3) is 0 Å². The Balaban J connectivity index is 0.000000146. The van der Waals surface area contributed by atoms with Gasteiger partial charge in [-0.15, -0.1) is 0 Å². The number of hydrogen-bond donors (Lipinski definition) is 0. The Morgan fingerprint density at radius 1 is 0.197 bits per heavy atom. The lowest BCUT2D eigenvalue weighted by molar-refractivity contribution is 1.07. The SMILES string of the molecule is c1ccc(-c2ccc(-c3nc(-c4ccc5ccccc5c4)nc(-c4ccc5ccccc5c4)n3)cc2)nc1.c1cncc(-c2ccc(-c3nc(-c4ccc5ccccc5c4)nc(-c4ccc5ccccc5c4)n3)cc2)c1. The van der Waals surface area contributed by atoms with E-state index in [1.165, 1.54) is 21.5 Å². The third kappa shape index (κ3) is 9.53. The molecule has 0 fully saturated rings. The number of fused-ring (bicyclic) bond motifs is 4. The smallest absolute Gasteiger partial charge is 0.164 e. The van der Waals surface area contributed by atoms with Crippen LogP contribution in [-0.4, -0.2) is 39.9 Å². The average Bonchev–Trinajstić information content (AvgIpc) is 3.52. The minimum Gasteiger partial charge on any atom is -0.264 e. The lowest BCUT2D eigenvalue weighted by Crippen LogP contribution is -2.00. The first-order valence-electron chi connectivity index (χ1n) is 25.1. The fraction of sp³-hybridized carbons (Fsp3) is 0.